The molecule has 2 aromatic carbocycles. The van der Waals surface area contributed by atoms with Crippen LogP contribution in [0.4, 0.5) is 8.78 Å². The lowest BCUT2D eigenvalue weighted by molar-refractivity contribution is -0.130. The Kier molecular flexibility index (Phi) is 8.92. The van der Waals surface area contributed by atoms with E-state index in [9.17, 15) is 18.4 Å². The lowest BCUT2D eigenvalue weighted by Crippen LogP contribution is -2.41. The molecule has 8 nitrogen and oxygen atoms in total. The predicted octanol–water partition coefficient (Wildman–Crippen LogP) is 1.57. The summed E-state index contributed by atoms with van der Waals surface area (Å²) in [4.78, 5) is 23.7. The zero-order chi connectivity index (χ0) is 22.8. The number of hydrogen-bond donors (Lipinski definition) is 5. The van der Waals surface area contributed by atoms with E-state index in [2.05, 4.69) is 5.32 Å². The van der Waals surface area contributed by atoms with Gasteiger partial charge < -0.3 is 16.1 Å². The Morgan fingerprint density at radius 2 is 1.84 bits per heavy atom. The van der Waals surface area contributed by atoms with Gasteiger partial charge in [0.1, 0.15) is 0 Å². The van der Waals surface area contributed by atoms with Crippen LogP contribution in [-0.2, 0) is 11.2 Å². The lowest BCUT2D eigenvalue weighted by atomic mass is 10.0. The van der Waals surface area contributed by atoms with Gasteiger partial charge in [0.2, 0.25) is 5.91 Å². The van der Waals surface area contributed by atoms with E-state index in [1.807, 2.05) is 30.3 Å². The van der Waals surface area contributed by atoms with Crippen LogP contribution in [-0.4, -0.2) is 34.6 Å². The molecule has 1 unspecified atom stereocenters. The second-order valence-corrected chi connectivity index (χ2v) is 6.88. The summed E-state index contributed by atoms with van der Waals surface area (Å²) < 4.78 is 26.2. The fourth-order valence-corrected chi connectivity index (χ4v) is 2.86. The first-order valence-electron chi connectivity index (χ1n) is 9.49. The zero-order valence-corrected chi connectivity index (χ0v) is 16.7. The fourth-order valence-electron chi connectivity index (χ4n) is 2.86. The molecule has 0 saturated carbocycles. The summed E-state index contributed by atoms with van der Waals surface area (Å²) in [5.74, 6) is 2.62. The lowest BCUT2D eigenvalue weighted by Gasteiger charge is -2.26. The van der Waals surface area contributed by atoms with Crippen molar-refractivity contribution in [3.63, 3.8) is 0 Å². The molecule has 0 aliphatic rings. The molecule has 0 aliphatic heterocycles. The van der Waals surface area contributed by atoms with Crippen molar-refractivity contribution in [1.29, 1.82) is 0 Å². The highest BCUT2D eigenvalue weighted by atomic mass is 19.2. The molecule has 0 heterocycles. The molecule has 2 rings (SSSR count). The maximum absolute atomic E-state index is 13.3. The molecule has 7 N–H and O–H groups in total. The van der Waals surface area contributed by atoms with Crippen molar-refractivity contribution < 1.29 is 23.6 Å². The number of hydroxylamine groups is 1. The molecule has 2 amide bonds. The smallest absolute Gasteiger partial charge is 0.251 e. The third-order valence-corrected chi connectivity index (χ3v) is 4.53. The van der Waals surface area contributed by atoms with Crippen LogP contribution >= 0.6 is 0 Å². The van der Waals surface area contributed by atoms with Crippen LogP contribution < -0.4 is 22.4 Å². The average molecular weight is 433 g/mol. The van der Waals surface area contributed by atoms with E-state index in [0.717, 1.165) is 23.8 Å². The van der Waals surface area contributed by atoms with E-state index in [1.54, 1.807) is 5.48 Å². The van der Waals surface area contributed by atoms with Gasteiger partial charge in [-0.3, -0.25) is 14.8 Å². The van der Waals surface area contributed by atoms with Crippen molar-refractivity contribution in [2.75, 3.05) is 6.54 Å². The molecule has 166 valence electrons. The second-order valence-electron chi connectivity index (χ2n) is 6.88. The minimum Gasteiger partial charge on any atom is -0.399 e. The van der Waals surface area contributed by atoms with Crippen LogP contribution in [0.5, 0.6) is 0 Å². The fraction of sp³-hybridized carbons (Fsp3) is 0.238. The SMILES string of the molecule is N/C(=C\N(N)C(CCc1ccccc1)CC(=O)NO)CNC(=O)c1ccc(F)c(F)c1. The summed E-state index contributed by atoms with van der Waals surface area (Å²) in [6, 6.07) is 11.9. The predicted molar refractivity (Wildman–Crippen MR) is 110 cm³/mol. The molecule has 0 spiro atoms. The van der Waals surface area contributed by atoms with Crippen LogP contribution in [0.25, 0.3) is 0 Å². The summed E-state index contributed by atoms with van der Waals surface area (Å²) in [5, 5.41) is 12.6. The molecule has 0 bridgehead atoms. The van der Waals surface area contributed by atoms with Gasteiger partial charge in [0.15, 0.2) is 11.6 Å². The van der Waals surface area contributed by atoms with E-state index in [-0.39, 0.29) is 24.2 Å². The molecule has 0 saturated heterocycles. The summed E-state index contributed by atoms with van der Waals surface area (Å²) in [6.45, 7) is -0.108. The second kappa shape index (κ2) is 11.6. The van der Waals surface area contributed by atoms with Gasteiger partial charge in [-0.2, -0.15) is 0 Å². The first-order chi connectivity index (χ1) is 14.8. The normalized spacial score (nSPS) is 12.2. The minimum absolute atomic E-state index is 0.0586. The van der Waals surface area contributed by atoms with Crippen molar-refractivity contribution in [2.24, 2.45) is 11.6 Å². The molecule has 0 fully saturated rings. The van der Waals surface area contributed by atoms with Gasteiger partial charge in [-0.05, 0) is 36.6 Å². The highest BCUT2D eigenvalue weighted by Crippen LogP contribution is 2.12. The van der Waals surface area contributed by atoms with Crippen molar-refractivity contribution in [3.05, 3.63) is 83.2 Å². The number of carbonyl (C=O) groups excluding carboxylic acids is 2. The van der Waals surface area contributed by atoms with E-state index >= 15 is 0 Å². The number of benzene rings is 2. The zero-order valence-electron chi connectivity index (χ0n) is 16.7. The Labute approximate surface area is 178 Å². The third kappa shape index (κ3) is 7.68. The van der Waals surface area contributed by atoms with Gasteiger partial charge in [0.05, 0.1) is 19.0 Å². The quantitative estimate of drug-likeness (QED) is 0.219. The number of rotatable bonds is 10. The first-order valence-corrected chi connectivity index (χ1v) is 9.49. The number of halogens is 2. The van der Waals surface area contributed by atoms with Crippen LogP contribution in [0.1, 0.15) is 28.8 Å². The Bertz CT molecular complexity index is 924. The summed E-state index contributed by atoms with van der Waals surface area (Å²) in [5.41, 5.74) is 8.66. The maximum atomic E-state index is 13.3. The molecule has 10 heteroatoms. The van der Waals surface area contributed by atoms with Crippen molar-refractivity contribution in [3.8, 4) is 0 Å². The minimum atomic E-state index is -1.13. The Morgan fingerprint density at radius 1 is 1.13 bits per heavy atom. The van der Waals surface area contributed by atoms with E-state index in [0.29, 0.717) is 12.8 Å². The summed E-state index contributed by atoms with van der Waals surface area (Å²) in [7, 11) is 0. The summed E-state index contributed by atoms with van der Waals surface area (Å²) in [6.07, 6.45) is 2.42. The molecule has 0 aromatic heterocycles. The average Bonchev–Trinajstić information content (AvgIpc) is 2.77. The van der Waals surface area contributed by atoms with E-state index < -0.39 is 29.5 Å². The molecule has 31 heavy (non-hydrogen) atoms. The number of nitrogens with two attached hydrogens (primary N) is 2. The van der Waals surface area contributed by atoms with Gasteiger partial charge in [0.25, 0.3) is 5.91 Å². The topological polar surface area (TPSA) is 134 Å². The highest BCUT2D eigenvalue weighted by molar-refractivity contribution is 5.94. The molecular weight excluding hydrogens is 408 g/mol. The van der Waals surface area contributed by atoms with Crippen LogP contribution in [0.15, 0.2) is 60.4 Å². The monoisotopic (exact) mass is 433 g/mol. The summed E-state index contributed by atoms with van der Waals surface area (Å²) >= 11 is 0. The van der Waals surface area contributed by atoms with Crippen molar-refractivity contribution >= 4 is 11.8 Å². The molecular formula is C21H25F2N5O3. The molecule has 1 atom stereocenters. The largest absolute Gasteiger partial charge is 0.399 e. The maximum Gasteiger partial charge on any atom is 0.251 e. The van der Waals surface area contributed by atoms with E-state index in [4.69, 9.17) is 16.8 Å². The van der Waals surface area contributed by atoms with Crippen molar-refractivity contribution in [1.82, 2.24) is 15.8 Å². The number of hydrazine groups is 1. The number of hydrogen-bond acceptors (Lipinski definition) is 6. The van der Waals surface area contributed by atoms with Crippen LogP contribution in [0.2, 0.25) is 0 Å². The van der Waals surface area contributed by atoms with Crippen molar-refractivity contribution in [2.45, 2.75) is 25.3 Å². The number of aryl methyl sites for hydroxylation is 1. The Balaban J connectivity index is 1.98. The van der Waals surface area contributed by atoms with Gasteiger partial charge in [-0.1, -0.05) is 30.3 Å². The Morgan fingerprint density at radius 3 is 2.48 bits per heavy atom. The third-order valence-electron chi connectivity index (χ3n) is 4.53. The van der Waals surface area contributed by atoms with E-state index in [1.165, 1.54) is 11.2 Å². The molecule has 0 radical (unpaired) electrons. The molecule has 2 aromatic rings. The number of carbonyl (C=O) groups is 2. The van der Waals surface area contributed by atoms with Gasteiger partial charge >= 0.3 is 0 Å². The standard InChI is InChI=1S/C21H25F2N5O3/c22-18-9-7-15(10-19(18)23)21(30)26-12-16(24)13-28(25)17(11-20(29)27-31)8-6-14-4-2-1-3-5-14/h1-5,7,9-10,13,17,31H,6,8,11-12,24-25H2,(H,26,30)(H,27,29)/b16-13-. The van der Waals surface area contributed by atoms with Crippen LogP contribution in [0, 0.1) is 11.6 Å². The number of nitrogens with one attached hydrogen (secondary N) is 2. The highest BCUT2D eigenvalue weighted by Gasteiger charge is 2.18. The number of amides is 2. The number of nitrogens with zero attached hydrogens (tertiary/aromatic N) is 1. The van der Waals surface area contributed by atoms with Crippen LogP contribution in [0.3, 0.4) is 0 Å². The Hall–Kier alpha value is -3.50. The molecule has 0 aliphatic carbocycles. The van der Waals surface area contributed by atoms with Gasteiger partial charge in [0, 0.05) is 17.5 Å². The first kappa shape index (κ1) is 23.8. The van der Waals surface area contributed by atoms with Gasteiger partial charge in [-0.25, -0.2) is 20.1 Å². The van der Waals surface area contributed by atoms with Gasteiger partial charge in [-0.15, -0.1) is 0 Å².